The molecule has 0 heterocycles. The fourth-order valence-electron chi connectivity index (χ4n) is 1.33. The highest BCUT2D eigenvalue weighted by molar-refractivity contribution is 9.10. The van der Waals surface area contributed by atoms with Crippen LogP contribution in [0, 0.1) is 0 Å². The van der Waals surface area contributed by atoms with Crippen molar-refractivity contribution < 1.29 is 13.5 Å². The highest BCUT2D eigenvalue weighted by atomic mass is 79.9. The Bertz CT molecular complexity index is 423. The third-order valence-electron chi connectivity index (χ3n) is 2.21. The van der Waals surface area contributed by atoms with E-state index in [4.69, 9.17) is 5.11 Å². The third kappa shape index (κ3) is 4.23. The van der Waals surface area contributed by atoms with Gasteiger partial charge in [0.1, 0.15) is 0 Å². The Kier molecular flexibility index (Phi) is 4.95. The lowest BCUT2D eigenvalue weighted by molar-refractivity contribution is 0.184. The molecule has 0 fully saturated rings. The van der Waals surface area contributed by atoms with Crippen molar-refractivity contribution in [1.82, 2.24) is 0 Å². The second-order valence-electron chi connectivity index (χ2n) is 3.76. The molecule has 90 valence electrons. The maximum Gasteiger partial charge on any atom is 0.178 e. The van der Waals surface area contributed by atoms with Crippen LogP contribution in [0.15, 0.2) is 33.6 Å². The van der Waals surface area contributed by atoms with E-state index in [0.717, 1.165) is 4.47 Å². The van der Waals surface area contributed by atoms with Gasteiger partial charge in [-0.1, -0.05) is 15.9 Å². The molecule has 1 rings (SSSR count). The zero-order chi connectivity index (χ0) is 12.2. The summed E-state index contributed by atoms with van der Waals surface area (Å²) >= 11 is 3.26. The van der Waals surface area contributed by atoms with Gasteiger partial charge in [0.15, 0.2) is 9.84 Å². The molecule has 0 spiro atoms. The molecule has 1 aromatic rings. The average Bonchev–Trinajstić information content (AvgIpc) is 2.17. The van der Waals surface area contributed by atoms with E-state index in [1.807, 2.05) is 0 Å². The maximum atomic E-state index is 11.8. The number of hydrogen-bond donors (Lipinski definition) is 1. The van der Waals surface area contributed by atoms with Crippen LogP contribution in [0.1, 0.15) is 19.8 Å². The molecule has 3 nitrogen and oxygen atoms in total. The van der Waals surface area contributed by atoms with E-state index in [1.165, 1.54) is 0 Å². The van der Waals surface area contributed by atoms with Crippen molar-refractivity contribution in [3.8, 4) is 0 Å². The van der Waals surface area contributed by atoms with Gasteiger partial charge in [0.2, 0.25) is 0 Å². The molecule has 0 aliphatic carbocycles. The third-order valence-corrected chi connectivity index (χ3v) is 4.55. The Morgan fingerprint density at radius 2 is 1.88 bits per heavy atom. The largest absolute Gasteiger partial charge is 0.393 e. The number of benzene rings is 1. The molecule has 0 aliphatic heterocycles. The molecule has 1 aromatic carbocycles. The first-order valence-corrected chi connectivity index (χ1v) is 7.53. The predicted molar refractivity (Wildman–Crippen MR) is 67.1 cm³/mol. The first-order valence-electron chi connectivity index (χ1n) is 5.08. The summed E-state index contributed by atoms with van der Waals surface area (Å²) in [5.74, 6) is 0.0829. The van der Waals surface area contributed by atoms with Crippen LogP contribution in [0.2, 0.25) is 0 Å². The van der Waals surface area contributed by atoms with Crippen LogP contribution >= 0.6 is 15.9 Å². The number of hydrogen-bond acceptors (Lipinski definition) is 3. The second-order valence-corrected chi connectivity index (χ2v) is 6.79. The van der Waals surface area contributed by atoms with Crippen LogP contribution in [-0.4, -0.2) is 25.4 Å². The Balaban J connectivity index is 2.67. The first-order chi connectivity index (χ1) is 7.42. The van der Waals surface area contributed by atoms with Crippen LogP contribution < -0.4 is 0 Å². The molecule has 0 amide bonds. The monoisotopic (exact) mass is 306 g/mol. The van der Waals surface area contributed by atoms with Gasteiger partial charge in [-0.25, -0.2) is 8.42 Å². The smallest absolute Gasteiger partial charge is 0.178 e. The molecule has 5 heteroatoms. The zero-order valence-electron chi connectivity index (χ0n) is 9.06. The second kappa shape index (κ2) is 5.80. The summed E-state index contributed by atoms with van der Waals surface area (Å²) in [5, 5.41) is 9.06. The molecule has 1 atom stereocenters. The molecule has 16 heavy (non-hydrogen) atoms. The van der Waals surface area contributed by atoms with Gasteiger partial charge in [-0.05, 0) is 44.0 Å². The van der Waals surface area contributed by atoms with Crippen LogP contribution in [0.3, 0.4) is 0 Å². The first kappa shape index (κ1) is 13.7. The van der Waals surface area contributed by atoms with E-state index < -0.39 is 15.9 Å². The number of rotatable bonds is 5. The van der Waals surface area contributed by atoms with E-state index in [1.54, 1.807) is 31.2 Å². The highest BCUT2D eigenvalue weighted by Gasteiger charge is 2.13. The Morgan fingerprint density at radius 1 is 1.31 bits per heavy atom. The summed E-state index contributed by atoms with van der Waals surface area (Å²) in [6.07, 6.45) is 0.548. The summed E-state index contributed by atoms with van der Waals surface area (Å²) in [6.45, 7) is 1.66. The quantitative estimate of drug-likeness (QED) is 0.908. The molecule has 0 aliphatic rings. The fourth-order valence-corrected chi connectivity index (χ4v) is 2.93. The van der Waals surface area contributed by atoms with Gasteiger partial charge in [0, 0.05) is 4.47 Å². The predicted octanol–water partition coefficient (Wildman–Crippen LogP) is 2.38. The minimum Gasteiger partial charge on any atom is -0.393 e. The van der Waals surface area contributed by atoms with Gasteiger partial charge in [-0.2, -0.15) is 0 Å². The number of sulfone groups is 1. The Labute approximate surface area is 105 Å². The maximum absolute atomic E-state index is 11.8. The van der Waals surface area contributed by atoms with Crippen molar-refractivity contribution >= 4 is 25.8 Å². The molecule has 1 N–H and O–H groups in total. The highest BCUT2D eigenvalue weighted by Crippen LogP contribution is 2.17. The van der Waals surface area contributed by atoms with Crippen molar-refractivity contribution in [2.75, 3.05) is 5.75 Å². The summed E-state index contributed by atoms with van der Waals surface area (Å²) in [5.41, 5.74) is 0. The van der Waals surface area contributed by atoms with E-state index >= 15 is 0 Å². The standard InChI is InChI=1S/C11H15BrO3S/c1-9(13)3-2-8-16(14,15)11-6-4-10(12)5-7-11/h4-7,9,13H,2-3,8H2,1H3. The van der Waals surface area contributed by atoms with Crippen LogP contribution in [0.4, 0.5) is 0 Å². The van der Waals surface area contributed by atoms with Gasteiger partial charge in [-0.3, -0.25) is 0 Å². The number of aliphatic hydroxyl groups excluding tert-OH is 1. The summed E-state index contributed by atoms with van der Waals surface area (Å²) in [4.78, 5) is 0.335. The molecule has 0 bridgehead atoms. The van der Waals surface area contributed by atoms with Crippen LogP contribution in [-0.2, 0) is 9.84 Å². The van der Waals surface area contributed by atoms with E-state index in [0.29, 0.717) is 17.7 Å². The van der Waals surface area contributed by atoms with Crippen molar-refractivity contribution in [2.24, 2.45) is 0 Å². The molecular formula is C11H15BrO3S. The fraction of sp³-hybridized carbons (Fsp3) is 0.455. The normalized spacial score (nSPS) is 13.7. The van der Waals surface area contributed by atoms with Crippen LogP contribution in [0.25, 0.3) is 0 Å². The minimum atomic E-state index is -3.20. The van der Waals surface area contributed by atoms with Gasteiger partial charge in [0.25, 0.3) is 0 Å². The van der Waals surface area contributed by atoms with Gasteiger partial charge < -0.3 is 5.11 Å². The lowest BCUT2D eigenvalue weighted by Gasteiger charge is -2.06. The summed E-state index contributed by atoms with van der Waals surface area (Å²) in [7, 11) is -3.20. The zero-order valence-corrected chi connectivity index (χ0v) is 11.5. The van der Waals surface area contributed by atoms with Crippen molar-refractivity contribution in [3.63, 3.8) is 0 Å². The van der Waals surface area contributed by atoms with Gasteiger partial charge in [-0.15, -0.1) is 0 Å². The number of halogens is 1. The van der Waals surface area contributed by atoms with E-state index in [9.17, 15) is 8.42 Å². The van der Waals surface area contributed by atoms with Crippen molar-refractivity contribution in [1.29, 1.82) is 0 Å². The lowest BCUT2D eigenvalue weighted by atomic mass is 10.2. The average molecular weight is 307 g/mol. The van der Waals surface area contributed by atoms with Crippen molar-refractivity contribution in [2.45, 2.75) is 30.8 Å². The summed E-state index contributed by atoms with van der Waals surface area (Å²) in [6, 6.07) is 6.59. The molecule has 0 saturated carbocycles. The van der Waals surface area contributed by atoms with Gasteiger partial charge in [0.05, 0.1) is 16.8 Å². The van der Waals surface area contributed by atoms with E-state index in [-0.39, 0.29) is 5.75 Å². The molecule has 1 unspecified atom stereocenters. The Hall–Kier alpha value is -0.390. The Morgan fingerprint density at radius 3 is 2.38 bits per heavy atom. The van der Waals surface area contributed by atoms with Gasteiger partial charge >= 0.3 is 0 Å². The lowest BCUT2D eigenvalue weighted by Crippen LogP contribution is -2.09. The minimum absolute atomic E-state index is 0.0829. The van der Waals surface area contributed by atoms with Crippen LogP contribution in [0.5, 0.6) is 0 Å². The molecule has 0 saturated heterocycles. The van der Waals surface area contributed by atoms with Crippen molar-refractivity contribution in [3.05, 3.63) is 28.7 Å². The topological polar surface area (TPSA) is 54.4 Å². The number of aliphatic hydroxyl groups is 1. The summed E-state index contributed by atoms with van der Waals surface area (Å²) < 4.78 is 24.5. The SMILES string of the molecule is CC(O)CCCS(=O)(=O)c1ccc(Br)cc1. The molecule has 0 radical (unpaired) electrons. The molecular weight excluding hydrogens is 292 g/mol. The molecule has 0 aromatic heterocycles. The van der Waals surface area contributed by atoms with E-state index in [2.05, 4.69) is 15.9 Å².